The summed E-state index contributed by atoms with van der Waals surface area (Å²) in [5.41, 5.74) is 2.60. The highest BCUT2D eigenvalue weighted by molar-refractivity contribution is 5.81. The zero-order chi connectivity index (χ0) is 15.4. The van der Waals surface area contributed by atoms with E-state index in [4.69, 9.17) is 0 Å². The number of aryl methyl sites for hydroxylation is 2. The lowest BCUT2D eigenvalue weighted by molar-refractivity contribution is 0.448. The second-order valence-electron chi connectivity index (χ2n) is 5.49. The van der Waals surface area contributed by atoms with Crippen molar-refractivity contribution < 1.29 is 15.3 Å². The molecule has 0 saturated carbocycles. The first-order chi connectivity index (χ1) is 10.0. The highest BCUT2D eigenvalue weighted by atomic mass is 16.3. The summed E-state index contributed by atoms with van der Waals surface area (Å²) in [5, 5.41) is 30.4. The van der Waals surface area contributed by atoms with Gasteiger partial charge in [-0.25, -0.2) is 0 Å². The summed E-state index contributed by atoms with van der Waals surface area (Å²) in [6.45, 7) is 4.04. The summed E-state index contributed by atoms with van der Waals surface area (Å²) in [5.74, 6) is 0.0507. The van der Waals surface area contributed by atoms with Crippen molar-refractivity contribution in [2.75, 3.05) is 0 Å². The molecular weight excluding hydrogens is 264 g/mol. The van der Waals surface area contributed by atoms with Crippen LogP contribution in [0.4, 0.5) is 0 Å². The fourth-order valence-corrected chi connectivity index (χ4v) is 2.52. The minimum Gasteiger partial charge on any atom is -0.507 e. The van der Waals surface area contributed by atoms with E-state index in [1.54, 1.807) is 30.3 Å². The molecule has 0 amide bonds. The van der Waals surface area contributed by atoms with Crippen LogP contribution >= 0.6 is 0 Å². The summed E-state index contributed by atoms with van der Waals surface area (Å²) >= 11 is 0. The summed E-state index contributed by atoms with van der Waals surface area (Å²) in [7, 11) is 0. The second-order valence-corrected chi connectivity index (χ2v) is 5.49. The Hall–Kier alpha value is -2.16. The molecule has 3 heteroatoms. The van der Waals surface area contributed by atoms with Gasteiger partial charge in [-0.1, -0.05) is 31.4 Å². The first-order valence-corrected chi connectivity index (χ1v) is 7.37. The first-order valence-electron chi connectivity index (χ1n) is 7.37. The van der Waals surface area contributed by atoms with Crippen molar-refractivity contribution in [2.45, 2.75) is 39.5 Å². The Labute approximate surface area is 125 Å². The summed E-state index contributed by atoms with van der Waals surface area (Å²) in [6, 6.07) is 8.45. The second kappa shape index (κ2) is 6.53. The number of aromatic hydroxyl groups is 3. The van der Waals surface area contributed by atoms with Gasteiger partial charge in [-0.15, -0.1) is 0 Å². The van der Waals surface area contributed by atoms with Crippen LogP contribution in [0.25, 0.3) is 11.1 Å². The Morgan fingerprint density at radius 3 is 2.14 bits per heavy atom. The van der Waals surface area contributed by atoms with Crippen LogP contribution in [-0.4, -0.2) is 15.3 Å². The highest BCUT2D eigenvalue weighted by Gasteiger charge is 2.15. The molecule has 112 valence electrons. The quantitative estimate of drug-likeness (QED) is 0.709. The van der Waals surface area contributed by atoms with Crippen LogP contribution in [0.5, 0.6) is 17.2 Å². The molecular formula is C18H22O3. The van der Waals surface area contributed by atoms with E-state index in [2.05, 4.69) is 6.92 Å². The Balaban J connectivity index is 2.39. The average Bonchev–Trinajstić information content (AvgIpc) is 2.42. The Bertz CT molecular complexity index is 609. The number of phenols is 3. The van der Waals surface area contributed by atoms with Gasteiger partial charge in [0.1, 0.15) is 17.2 Å². The third kappa shape index (κ3) is 3.48. The molecule has 0 bridgehead atoms. The van der Waals surface area contributed by atoms with Crippen molar-refractivity contribution in [3.05, 3.63) is 41.5 Å². The molecule has 2 aromatic carbocycles. The normalized spacial score (nSPS) is 10.8. The highest BCUT2D eigenvalue weighted by Crippen LogP contribution is 2.42. The summed E-state index contributed by atoms with van der Waals surface area (Å²) in [4.78, 5) is 0. The average molecular weight is 286 g/mol. The van der Waals surface area contributed by atoms with Gasteiger partial charge in [-0.05, 0) is 49.6 Å². The third-order valence-corrected chi connectivity index (χ3v) is 3.65. The van der Waals surface area contributed by atoms with Crippen LogP contribution in [0, 0.1) is 6.92 Å². The Morgan fingerprint density at radius 2 is 1.52 bits per heavy atom. The van der Waals surface area contributed by atoms with Crippen molar-refractivity contribution in [3.63, 3.8) is 0 Å². The van der Waals surface area contributed by atoms with E-state index in [-0.39, 0.29) is 22.8 Å². The smallest absolute Gasteiger partial charge is 0.127 e. The Morgan fingerprint density at radius 1 is 0.857 bits per heavy atom. The molecule has 0 fully saturated rings. The zero-order valence-corrected chi connectivity index (χ0v) is 12.6. The van der Waals surface area contributed by atoms with Crippen LogP contribution in [0.2, 0.25) is 0 Å². The fraction of sp³-hybridized carbons (Fsp3) is 0.333. The molecule has 0 aliphatic rings. The van der Waals surface area contributed by atoms with Crippen molar-refractivity contribution in [2.24, 2.45) is 0 Å². The van der Waals surface area contributed by atoms with Gasteiger partial charge in [0.15, 0.2) is 0 Å². The number of hydrogen-bond acceptors (Lipinski definition) is 3. The van der Waals surface area contributed by atoms with Crippen molar-refractivity contribution in [1.29, 1.82) is 0 Å². The lowest BCUT2D eigenvalue weighted by Gasteiger charge is -2.12. The van der Waals surface area contributed by atoms with Crippen LogP contribution < -0.4 is 0 Å². The molecule has 0 aliphatic heterocycles. The molecule has 3 N–H and O–H groups in total. The van der Waals surface area contributed by atoms with E-state index >= 15 is 0 Å². The van der Waals surface area contributed by atoms with E-state index in [1.165, 1.54) is 0 Å². The number of hydrogen-bond donors (Lipinski definition) is 3. The molecule has 0 heterocycles. The van der Waals surface area contributed by atoms with Gasteiger partial charge in [-0.3, -0.25) is 0 Å². The standard InChI is InChI=1S/C18H22O3/c1-3-4-5-6-13-10-16(20)18(17(21)11-13)14-9-12(2)7-8-15(14)19/h7-11,19-21H,3-6H2,1-2H3. The van der Waals surface area contributed by atoms with Gasteiger partial charge in [-0.2, -0.15) is 0 Å². The molecule has 0 atom stereocenters. The van der Waals surface area contributed by atoms with Gasteiger partial charge in [0.05, 0.1) is 5.56 Å². The molecule has 2 rings (SSSR count). The first kappa shape index (κ1) is 15.2. The topological polar surface area (TPSA) is 60.7 Å². The van der Waals surface area contributed by atoms with Gasteiger partial charge in [0, 0.05) is 5.56 Å². The minimum atomic E-state index is 0.00222. The monoisotopic (exact) mass is 286 g/mol. The maximum absolute atomic E-state index is 10.2. The van der Waals surface area contributed by atoms with Crippen molar-refractivity contribution in [1.82, 2.24) is 0 Å². The molecule has 0 radical (unpaired) electrons. The molecule has 0 spiro atoms. The van der Waals surface area contributed by atoms with Crippen molar-refractivity contribution in [3.8, 4) is 28.4 Å². The largest absolute Gasteiger partial charge is 0.507 e. The predicted octanol–water partition coefficient (Wildman–Crippen LogP) is 4.51. The van der Waals surface area contributed by atoms with Gasteiger partial charge >= 0.3 is 0 Å². The molecule has 2 aromatic rings. The summed E-state index contributed by atoms with van der Waals surface area (Å²) < 4.78 is 0. The molecule has 0 saturated heterocycles. The van der Waals surface area contributed by atoms with Crippen LogP contribution in [0.15, 0.2) is 30.3 Å². The van der Waals surface area contributed by atoms with E-state index in [0.29, 0.717) is 5.56 Å². The lowest BCUT2D eigenvalue weighted by atomic mass is 9.97. The van der Waals surface area contributed by atoms with E-state index in [0.717, 1.165) is 36.8 Å². The minimum absolute atomic E-state index is 0.00222. The molecule has 21 heavy (non-hydrogen) atoms. The van der Waals surface area contributed by atoms with Gasteiger partial charge in [0.2, 0.25) is 0 Å². The van der Waals surface area contributed by atoms with Crippen LogP contribution in [0.1, 0.15) is 37.3 Å². The summed E-state index contributed by atoms with van der Waals surface area (Å²) in [6.07, 6.45) is 4.12. The SMILES string of the molecule is CCCCCc1cc(O)c(-c2cc(C)ccc2O)c(O)c1. The fourth-order valence-electron chi connectivity index (χ4n) is 2.52. The molecule has 0 aliphatic carbocycles. The zero-order valence-electron chi connectivity index (χ0n) is 12.6. The van der Waals surface area contributed by atoms with Gasteiger partial charge < -0.3 is 15.3 Å². The Kier molecular flexibility index (Phi) is 4.73. The number of phenolic OH excluding ortho intramolecular Hbond substituents is 3. The maximum atomic E-state index is 10.2. The van der Waals surface area contributed by atoms with Crippen LogP contribution in [0.3, 0.4) is 0 Å². The number of unbranched alkanes of at least 4 members (excludes halogenated alkanes) is 2. The van der Waals surface area contributed by atoms with E-state index in [9.17, 15) is 15.3 Å². The predicted molar refractivity (Wildman–Crippen MR) is 84.8 cm³/mol. The molecule has 3 nitrogen and oxygen atoms in total. The number of rotatable bonds is 5. The third-order valence-electron chi connectivity index (χ3n) is 3.65. The number of benzene rings is 2. The van der Waals surface area contributed by atoms with Crippen molar-refractivity contribution >= 4 is 0 Å². The van der Waals surface area contributed by atoms with Crippen LogP contribution in [-0.2, 0) is 6.42 Å². The van der Waals surface area contributed by atoms with E-state index in [1.807, 2.05) is 6.92 Å². The molecule has 0 aromatic heterocycles. The maximum Gasteiger partial charge on any atom is 0.127 e. The van der Waals surface area contributed by atoms with E-state index < -0.39 is 0 Å². The molecule has 0 unspecified atom stereocenters. The lowest BCUT2D eigenvalue weighted by Crippen LogP contribution is -1.89. The van der Waals surface area contributed by atoms with Gasteiger partial charge in [0.25, 0.3) is 0 Å².